The van der Waals surface area contributed by atoms with E-state index in [9.17, 15) is 5.11 Å². The third-order valence-electron chi connectivity index (χ3n) is 2.41. The molecule has 0 saturated carbocycles. The largest absolute Gasteiger partial charge is 0.391 e. The van der Waals surface area contributed by atoms with Gasteiger partial charge in [0.2, 0.25) is 0 Å². The van der Waals surface area contributed by atoms with Gasteiger partial charge in [-0.15, -0.1) is 0 Å². The van der Waals surface area contributed by atoms with Crippen molar-refractivity contribution in [1.29, 1.82) is 0 Å². The van der Waals surface area contributed by atoms with E-state index in [2.05, 4.69) is 24.2 Å². The first-order chi connectivity index (χ1) is 6.68. The van der Waals surface area contributed by atoms with Gasteiger partial charge in [0.25, 0.3) is 0 Å². The van der Waals surface area contributed by atoms with E-state index in [4.69, 9.17) is 0 Å². The highest BCUT2D eigenvalue weighted by molar-refractivity contribution is 5.82. The van der Waals surface area contributed by atoms with Crippen LogP contribution < -0.4 is 5.32 Å². The Kier molecular flexibility index (Phi) is 4.94. The minimum absolute atomic E-state index is 0.236. The van der Waals surface area contributed by atoms with Crippen molar-refractivity contribution in [2.45, 2.75) is 45.6 Å². The predicted octanol–water partition coefficient (Wildman–Crippen LogP) is 1.57. The first-order valence-corrected chi connectivity index (χ1v) is 5.63. The summed E-state index contributed by atoms with van der Waals surface area (Å²) >= 11 is 0. The van der Waals surface area contributed by atoms with E-state index in [1.165, 1.54) is 12.8 Å². The van der Waals surface area contributed by atoms with Gasteiger partial charge < -0.3 is 10.4 Å². The van der Waals surface area contributed by atoms with Crippen molar-refractivity contribution >= 4 is 5.84 Å². The summed E-state index contributed by atoms with van der Waals surface area (Å²) in [5.74, 6) is 1.64. The lowest BCUT2D eigenvalue weighted by Crippen LogP contribution is -2.33. The number of hydrogen-bond acceptors (Lipinski definition) is 3. The fourth-order valence-electron chi connectivity index (χ4n) is 1.70. The number of aliphatic hydroxyl groups excluding tert-OH is 1. The number of rotatable bonds is 4. The van der Waals surface area contributed by atoms with E-state index < -0.39 is 0 Å². The van der Waals surface area contributed by atoms with Gasteiger partial charge in [-0.2, -0.15) is 0 Å². The highest BCUT2D eigenvalue weighted by atomic mass is 16.3. The molecule has 0 spiro atoms. The number of nitrogens with zero attached hydrogens (tertiary/aromatic N) is 1. The summed E-state index contributed by atoms with van der Waals surface area (Å²) in [6, 6.07) is 0. The van der Waals surface area contributed by atoms with Crippen LogP contribution in [0.3, 0.4) is 0 Å². The quantitative estimate of drug-likeness (QED) is 0.720. The summed E-state index contributed by atoms with van der Waals surface area (Å²) in [6.07, 6.45) is 4.11. The van der Waals surface area contributed by atoms with Crippen molar-refractivity contribution in [3.63, 3.8) is 0 Å². The highest BCUT2D eigenvalue weighted by Crippen LogP contribution is 2.06. The zero-order valence-electron chi connectivity index (χ0n) is 9.29. The topological polar surface area (TPSA) is 44.6 Å². The van der Waals surface area contributed by atoms with Crippen LogP contribution in [0.15, 0.2) is 4.99 Å². The third-order valence-corrected chi connectivity index (χ3v) is 2.41. The fourth-order valence-corrected chi connectivity index (χ4v) is 1.70. The Bertz CT molecular complexity index is 190. The number of nitrogens with one attached hydrogen (secondary N) is 1. The molecule has 2 N–H and O–H groups in total. The Morgan fingerprint density at radius 2 is 2.21 bits per heavy atom. The molecule has 0 aromatic carbocycles. The molecule has 1 rings (SSSR count). The molecule has 0 bridgehead atoms. The van der Waals surface area contributed by atoms with Crippen LogP contribution in [0.25, 0.3) is 0 Å². The second-order valence-electron chi connectivity index (χ2n) is 4.45. The number of amidine groups is 1. The molecule has 0 amide bonds. The summed E-state index contributed by atoms with van der Waals surface area (Å²) in [6.45, 7) is 5.85. The van der Waals surface area contributed by atoms with Crippen molar-refractivity contribution in [3.05, 3.63) is 0 Å². The van der Waals surface area contributed by atoms with Gasteiger partial charge in [0, 0.05) is 19.5 Å². The summed E-state index contributed by atoms with van der Waals surface area (Å²) < 4.78 is 0. The monoisotopic (exact) mass is 198 g/mol. The van der Waals surface area contributed by atoms with Crippen molar-refractivity contribution in [1.82, 2.24) is 5.32 Å². The van der Waals surface area contributed by atoms with E-state index in [0.29, 0.717) is 12.5 Å². The lowest BCUT2D eigenvalue weighted by molar-refractivity contribution is 0.151. The highest BCUT2D eigenvalue weighted by Gasteiger charge is 2.09. The summed E-state index contributed by atoms with van der Waals surface area (Å²) in [4.78, 5) is 4.37. The average molecular weight is 198 g/mol. The molecule has 0 aromatic rings. The summed E-state index contributed by atoms with van der Waals surface area (Å²) in [7, 11) is 0. The lowest BCUT2D eigenvalue weighted by atomic mass is 10.1. The lowest BCUT2D eigenvalue weighted by Gasteiger charge is -2.17. The van der Waals surface area contributed by atoms with Gasteiger partial charge >= 0.3 is 0 Å². The van der Waals surface area contributed by atoms with Gasteiger partial charge in [-0.3, -0.25) is 4.99 Å². The molecule has 0 aliphatic carbocycles. The van der Waals surface area contributed by atoms with Gasteiger partial charge in [0.1, 0.15) is 0 Å². The predicted molar refractivity (Wildman–Crippen MR) is 59.6 cm³/mol. The molecular weight excluding hydrogens is 176 g/mol. The zero-order chi connectivity index (χ0) is 10.4. The van der Waals surface area contributed by atoms with Crippen LogP contribution in [0.1, 0.15) is 39.5 Å². The smallest absolute Gasteiger partial charge is 0.0963 e. The minimum Gasteiger partial charge on any atom is -0.391 e. The third kappa shape index (κ3) is 4.61. The Morgan fingerprint density at radius 3 is 2.79 bits per heavy atom. The minimum atomic E-state index is -0.236. The Hall–Kier alpha value is -0.570. The first-order valence-electron chi connectivity index (χ1n) is 5.63. The van der Waals surface area contributed by atoms with Gasteiger partial charge in [-0.1, -0.05) is 13.8 Å². The number of hydrogen-bond donors (Lipinski definition) is 2. The van der Waals surface area contributed by atoms with E-state index in [0.717, 1.165) is 25.2 Å². The molecule has 3 heteroatoms. The summed E-state index contributed by atoms with van der Waals surface area (Å²) in [5.41, 5.74) is 0. The molecular formula is C11H22N2O. The number of aliphatic hydroxyl groups is 1. The average Bonchev–Trinajstić information content (AvgIpc) is 2.15. The van der Waals surface area contributed by atoms with Crippen LogP contribution in [-0.2, 0) is 0 Å². The van der Waals surface area contributed by atoms with Crippen LogP contribution >= 0.6 is 0 Å². The molecule has 0 radical (unpaired) electrons. The molecule has 0 fully saturated rings. The molecule has 0 saturated heterocycles. The second-order valence-corrected chi connectivity index (χ2v) is 4.45. The van der Waals surface area contributed by atoms with Crippen molar-refractivity contribution < 1.29 is 5.11 Å². The molecule has 1 aliphatic heterocycles. The summed E-state index contributed by atoms with van der Waals surface area (Å²) in [5, 5.41) is 12.9. The van der Waals surface area contributed by atoms with Crippen molar-refractivity contribution in [2.75, 3.05) is 13.1 Å². The molecule has 0 aromatic heterocycles. The maximum absolute atomic E-state index is 9.63. The van der Waals surface area contributed by atoms with Crippen LogP contribution in [0.5, 0.6) is 0 Å². The number of aliphatic imine (C=N–C) groups is 1. The molecule has 1 heterocycles. The second kappa shape index (κ2) is 6.02. The Balaban J connectivity index is 2.15. The van der Waals surface area contributed by atoms with Crippen LogP contribution in [0, 0.1) is 5.92 Å². The van der Waals surface area contributed by atoms with Gasteiger partial charge in [0.05, 0.1) is 11.9 Å². The standard InChI is InChI=1S/C11H22N2O/c1-9(2)7-10(14)8-13-11-5-3-4-6-12-11/h9-10,14H,3-8H2,1-2H3,(H,12,13). The Morgan fingerprint density at radius 1 is 1.43 bits per heavy atom. The first kappa shape index (κ1) is 11.5. The SMILES string of the molecule is CC(C)CC(O)CNC1=NCCCC1. The van der Waals surface area contributed by atoms with E-state index >= 15 is 0 Å². The molecule has 14 heavy (non-hydrogen) atoms. The molecule has 1 atom stereocenters. The molecule has 82 valence electrons. The molecule has 1 unspecified atom stereocenters. The fraction of sp³-hybridized carbons (Fsp3) is 0.909. The van der Waals surface area contributed by atoms with E-state index in [1.54, 1.807) is 0 Å². The van der Waals surface area contributed by atoms with Gasteiger partial charge in [0.15, 0.2) is 0 Å². The van der Waals surface area contributed by atoms with Crippen molar-refractivity contribution in [2.24, 2.45) is 10.9 Å². The van der Waals surface area contributed by atoms with E-state index in [1.807, 2.05) is 0 Å². The maximum Gasteiger partial charge on any atom is 0.0963 e. The van der Waals surface area contributed by atoms with Crippen molar-refractivity contribution in [3.8, 4) is 0 Å². The maximum atomic E-state index is 9.63. The molecule has 1 aliphatic rings. The zero-order valence-corrected chi connectivity index (χ0v) is 9.29. The van der Waals surface area contributed by atoms with Crippen LogP contribution in [0.2, 0.25) is 0 Å². The molecule has 3 nitrogen and oxygen atoms in total. The van der Waals surface area contributed by atoms with Crippen LogP contribution in [0.4, 0.5) is 0 Å². The van der Waals surface area contributed by atoms with Gasteiger partial charge in [-0.05, 0) is 25.2 Å². The Labute approximate surface area is 86.6 Å². The van der Waals surface area contributed by atoms with Crippen LogP contribution in [-0.4, -0.2) is 30.1 Å². The van der Waals surface area contributed by atoms with E-state index in [-0.39, 0.29) is 6.10 Å². The normalized spacial score (nSPS) is 19.3. The van der Waals surface area contributed by atoms with Gasteiger partial charge in [-0.25, -0.2) is 0 Å².